The highest BCUT2D eigenvalue weighted by molar-refractivity contribution is 5.85. The zero-order valence-electron chi connectivity index (χ0n) is 9.48. The van der Waals surface area contributed by atoms with Gasteiger partial charge in [-0.2, -0.15) is 0 Å². The maximum atomic E-state index is 10.7. The average Bonchev–Trinajstić information content (AvgIpc) is 2.29. The van der Waals surface area contributed by atoms with Gasteiger partial charge in [0, 0.05) is 6.61 Å². The summed E-state index contributed by atoms with van der Waals surface area (Å²) in [5.41, 5.74) is 0.728. The summed E-state index contributed by atoms with van der Waals surface area (Å²) < 4.78 is 5.40. The molecule has 16 heavy (non-hydrogen) atoms. The third kappa shape index (κ3) is 4.40. The van der Waals surface area contributed by atoms with Crippen molar-refractivity contribution < 1.29 is 14.6 Å². The number of carbonyl (C=O) groups is 1. The van der Waals surface area contributed by atoms with Crippen LogP contribution in [0.1, 0.15) is 42.4 Å². The molecule has 1 N–H and O–H groups in total. The molecule has 1 aromatic heterocycles. The van der Waals surface area contributed by atoms with Crippen molar-refractivity contribution in [3.05, 3.63) is 29.6 Å². The van der Waals surface area contributed by atoms with E-state index in [-0.39, 0.29) is 5.69 Å². The molecule has 0 saturated heterocycles. The van der Waals surface area contributed by atoms with Crippen molar-refractivity contribution in [2.24, 2.45) is 0 Å². The van der Waals surface area contributed by atoms with Gasteiger partial charge < -0.3 is 9.84 Å². The zero-order chi connectivity index (χ0) is 11.8. The molecule has 4 heteroatoms. The van der Waals surface area contributed by atoms with Crippen molar-refractivity contribution in [1.82, 2.24) is 4.98 Å². The predicted molar refractivity (Wildman–Crippen MR) is 60.4 cm³/mol. The molecule has 1 rings (SSSR count). The Kier molecular flexibility index (Phi) is 5.50. The Morgan fingerprint density at radius 3 is 2.94 bits per heavy atom. The average molecular weight is 223 g/mol. The van der Waals surface area contributed by atoms with Crippen LogP contribution >= 0.6 is 0 Å². The second kappa shape index (κ2) is 6.95. The minimum absolute atomic E-state index is 0.0645. The maximum Gasteiger partial charge on any atom is 0.354 e. The Morgan fingerprint density at radius 1 is 1.44 bits per heavy atom. The van der Waals surface area contributed by atoms with Gasteiger partial charge in [-0.1, -0.05) is 25.8 Å². The minimum atomic E-state index is -1.01. The van der Waals surface area contributed by atoms with Gasteiger partial charge in [0.2, 0.25) is 0 Å². The maximum absolute atomic E-state index is 10.7. The number of hydrogen-bond acceptors (Lipinski definition) is 3. The van der Waals surface area contributed by atoms with E-state index in [1.54, 1.807) is 12.1 Å². The summed E-state index contributed by atoms with van der Waals surface area (Å²) in [7, 11) is 0. The van der Waals surface area contributed by atoms with E-state index in [0.717, 1.165) is 19.3 Å². The molecule has 0 saturated carbocycles. The molecule has 0 unspecified atom stereocenters. The van der Waals surface area contributed by atoms with Crippen molar-refractivity contribution in [3.8, 4) is 0 Å². The van der Waals surface area contributed by atoms with Crippen LogP contribution in [0, 0.1) is 0 Å². The van der Waals surface area contributed by atoms with Gasteiger partial charge >= 0.3 is 5.97 Å². The molecule has 1 aromatic rings. The molecular formula is C12H17NO3. The van der Waals surface area contributed by atoms with Gasteiger partial charge in [0.05, 0.1) is 12.3 Å². The van der Waals surface area contributed by atoms with Gasteiger partial charge in [0.1, 0.15) is 5.69 Å². The Bertz CT molecular complexity index is 339. The lowest BCUT2D eigenvalue weighted by atomic mass is 10.3. The normalized spacial score (nSPS) is 10.3. The highest BCUT2D eigenvalue weighted by Crippen LogP contribution is 2.02. The summed E-state index contributed by atoms with van der Waals surface area (Å²) in [4.78, 5) is 14.6. The molecule has 4 nitrogen and oxygen atoms in total. The topological polar surface area (TPSA) is 59.4 Å². The summed E-state index contributed by atoms with van der Waals surface area (Å²) >= 11 is 0. The van der Waals surface area contributed by atoms with Crippen LogP contribution in [0.15, 0.2) is 18.2 Å². The summed E-state index contributed by atoms with van der Waals surface area (Å²) in [5.74, 6) is -1.01. The summed E-state index contributed by atoms with van der Waals surface area (Å²) in [5, 5.41) is 8.75. The molecule has 0 aromatic carbocycles. The highest BCUT2D eigenvalue weighted by Gasteiger charge is 2.04. The molecule has 0 radical (unpaired) electrons. The number of carboxylic acids is 1. The van der Waals surface area contributed by atoms with E-state index < -0.39 is 5.97 Å². The van der Waals surface area contributed by atoms with Crippen LogP contribution in [0.2, 0.25) is 0 Å². The van der Waals surface area contributed by atoms with Crippen LogP contribution in [-0.4, -0.2) is 22.7 Å². The molecule has 0 aliphatic carbocycles. The van der Waals surface area contributed by atoms with Gasteiger partial charge in [-0.3, -0.25) is 0 Å². The SMILES string of the molecule is CCCCCOCc1cccc(C(=O)O)n1. The van der Waals surface area contributed by atoms with Crippen LogP contribution in [-0.2, 0) is 11.3 Å². The monoisotopic (exact) mass is 223 g/mol. The first-order valence-electron chi connectivity index (χ1n) is 5.51. The van der Waals surface area contributed by atoms with Crippen molar-refractivity contribution in [2.45, 2.75) is 32.8 Å². The van der Waals surface area contributed by atoms with E-state index >= 15 is 0 Å². The number of ether oxygens (including phenoxy) is 1. The van der Waals surface area contributed by atoms with E-state index in [9.17, 15) is 4.79 Å². The molecule has 0 bridgehead atoms. The molecular weight excluding hydrogens is 206 g/mol. The smallest absolute Gasteiger partial charge is 0.354 e. The number of unbranched alkanes of at least 4 members (excludes halogenated alkanes) is 2. The first-order valence-corrected chi connectivity index (χ1v) is 5.51. The van der Waals surface area contributed by atoms with Crippen LogP contribution in [0.5, 0.6) is 0 Å². The molecule has 0 spiro atoms. The summed E-state index contributed by atoms with van der Waals surface area (Å²) in [6.45, 7) is 3.22. The molecule has 0 amide bonds. The zero-order valence-corrected chi connectivity index (χ0v) is 9.48. The fourth-order valence-electron chi connectivity index (χ4n) is 1.31. The van der Waals surface area contributed by atoms with E-state index in [2.05, 4.69) is 11.9 Å². The van der Waals surface area contributed by atoms with E-state index in [4.69, 9.17) is 9.84 Å². The van der Waals surface area contributed by atoms with Gasteiger partial charge in [-0.25, -0.2) is 9.78 Å². The fraction of sp³-hybridized carbons (Fsp3) is 0.500. The Morgan fingerprint density at radius 2 is 2.25 bits per heavy atom. The van der Waals surface area contributed by atoms with Gasteiger partial charge in [-0.15, -0.1) is 0 Å². The highest BCUT2D eigenvalue weighted by atomic mass is 16.5. The quantitative estimate of drug-likeness (QED) is 0.721. The Labute approximate surface area is 95.3 Å². The lowest BCUT2D eigenvalue weighted by Gasteiger charge is -2.03. The molecule has 88 valence electrons. The van der Waals surface area contributed by atoms with E-state index in [1.807, 2.05) is 0 Å². The number of nitrogens with zero attached hydrogens (tertiary/aromatic N) is 1. The molecule has 1 heterocycles. The number of carboxylic acid groups (broad SMARTS) is 1. The van der Waals surface area contributed by atoms with Gasteiger partial charge in [0.25, 0.3) is 0 Å². The number of pyridine rings is 1. The second-order valence-electron chi connectivity index (χ2n) is 3.58. The molecule has 0 fully saturated rings. The third-order valence-electron chi connectivity index (χ3n) is 2.17. The minimum Gasteiger partial charge on any atom is -0.477 e. The lowest BCUT2D eigenvalue weighted by Crippen LogP contribution is -2.04. The molecule has 0 aliphatic rings. The fourth-order valence-corrected chi connectivity index (χ4v) is 1.31. The number of hydrogen-bond donors (Lipinski definition) is 1. The number of rotatable bonds is 7. The lowest BCUT2D eigenvalue weighted by molar-refractivity contribution is 0.0688. The van der Waals surface area contributed by atoms with Gasteiger partial charge in [-0.05, 0) is 18.6 Å². The standard InChI is InChI=1S/C12H17NO3/c1-2-3-4-8-16-9-10-6-5-7-11(13-10)12(14)15/h5-7H,2-4,8-9H2,1H3,(H,14,15). The van der Waals surface area contributed by atoms with Crippen molar-refractivity contribution in [2.75, 3.05) is 6.61 Å². The van der Waals surface area contributed by atoms with Crippen molar-refractivity contribution >= 4 is 5.97 Å². The second-order valence-corrected chi connectivity index (χ2v) is 3.58. The summed E-state index contributed by atoms with van der Waals surface area (Å²) in [6, 6.07) is 4.93. The Balaban J connectivity index is 2.36. The van der Waals surface area contributed by atoms with Crippen molar-refractivity contribution in [3.63, 3.8) is 0 Å². The Hall–Kier alpha value is -1.42. The number of aromatic carboxylic acids is 1. The van der Waals surface area contributed by atoms with Crippen LogP contribution < -0.4 is 0 Å². The third-order valence-corrected chi connectivity index (χ3v) is 2.17. The largest absolute Gasteiger partial charge is 0.477 e. The van der Waals surface area contributed by atoms with Crippen LogP contribution in [0.3, 0.4) is 0 Å². The van der Waals surface area contributed by atoms with Crippen LogP contribution in [0.4, 0.5) is 0 Å². The summed E-state index contributed by atoms with van der Waals surface area (Å²) in [6.07, 6.45) is 3.35. The molecule has 0 atom stereocenters. The first-order chi connectivity index (χ1) is 7.74. The first kappa shape index (κ1) is 12.6. The molecule has 0 aliphatic heterocycles. The number of aromatic nitrogens is 1. The predicted octanol–water partition coefficient (Wildman–Crippen LogP) is 2.49. The van der Waals surface area contributed by atoms with E-state index in [0.29, 0.717) is 18.9 Å². The van der Waals surface area contributed by atoms with Crippen molar-refractivity contribution in [1.29, 1.82) is 0 Å². The van der Waals surface area contributed by atoms with Crippen LogP contribution in [0.25, 0.3) is 0 Å². The van der Waals surface area contributed by atoms with Gasteiger partial charge in [0.15, 0.2) is 0 Å². The van der Waals surface area contributed by atoms with E-state index in [1.165, 1.54) is 6.07 Å².